The maximum atomic E-state index is 5.95. The number of hydrogen-bond donors (Lipinski definition) is 0. The molecule has 0 heterocycles. The highest BCUT2D eigenvalue weighted by Crippen LogP contribution is 2.45. The van der Waals surface area contributed by atoms with Crippen molar-refractivity contribution >= 4 is 81.2 Å². The van der Waals surface area contributed by atoms with Gasteiger partial charge in [0.2, 0.25) is 3.79 Å². The molecule has 1 rings (SSSR count). The van der Waals surface area contributed by atoms with Gasteiger partial charge in [-0.3, -0.25) is 0 Å². The van der Waals surface area contributed by atoms with Gasteiger partial charge in [0.1, 0.15) is 0 Å². The van der Waals surface area contributed by atoms with Crippen LogP contribution < -0.4 is 0 Å². The number of hydrogen-bond acceptors (Lipinski definition) is 0. The number of rotatable bonds is 0. The molecule has 1 aliphatic carbocycles. The van der Waals surface area contributed by atoms with Crippen LogP contribution in [0.1, 0.15) is 0 Å². The molecule has 80 valence electrons. The van der Waals surface area contributed by atoms with Crippen molar-refractivity contribution in [2.75, 3.05) is 0 Å². The second-order valence-corrected chi connectivity index (χ2v) is 6.63. The molecule has 1 aliphatic rings. The van der Waals surface area contributed by atoms with E-state index in [-0.39, 0.29) is 10.1 Å². The average molecular weight is 335 g/mol. The van der Waals surface area contributed by atoms with Gasteiger partial charge in [-0.2, -0.15) is 0 Å². The standard InChI is InChI=1S/C7H3Cl7/c8-3-1-2(7(12,13)14)4(9)6(11)5(3)10/h1,4,6H. The van der Waals surface area contributed by atoms with Crippen molar-refractivity contribution in [3.63, 3.8) is 0 Å². The molecule has 0 nitrogen and oxygen atoms in total. The average Bonchev–Trinajstić information content (AvgIpc) is 2.06. The smallest absolute Gasteiger partial charge is 0.116 e. The second-order valence-electron chi connectivity index (χ2n) is 2.60. The van der Waals surface area contributed by atoms with E-state index >= 15 is 0 Å². The third-order valence-electron chi connectivity index (χ3n) is 1.63. The molecule has 0 aromatic rings. The van der Waals surface area contributed by atoms with E-state index in [1.165, 1.54) is 6.08 Å². The summed E-state index contributed by atoms with van der Waals surface area (Å²) in [6.07, 6.45) is 1.42. The lowest BCUT2D eigenvalue weighted by Crippen LogP contribution is -2.28. The van der Waals surface area contributed by atoms with Crippen molar-refractivity contribution in [3.05, 3.63) is 21.7 Å². The maximum Gasteiger partial charge on any atom is 0.213 e. The zero-order valence-corrected chi connectivity index (χ0v) is 11.7. The maximum absolute atomic E-state index is 5.95. The lowest BCUT2D eigenvalue weighted by atomic mass is 10.1. The Bertz CT molecular complexity index is 298. The number of halogens is 7. The molecule has 0 spiro atoms. The summed E-state index contributed by atoms with van der Waals surface area (Å²) in [5.74, 6) is 0. The van der Waals surface area contributed by atoms with Gasteiger partial charge in [-0.25, -0.2) is 0 Å². The van der Waals surface area contributed by atoms with Gasteiger partial charge in [0.25, 0.3) is 0 Å². The van der Waals surface area contributed by atoms with E-state index in [4.69, 9.17) is 81.2 Å². The van der Waals surface area contributed by atoms with Crippen LogP contribution in [0.4, 0.5) is 0 Å². The van der Waals surface area contributed by atoms with Gasteiger partial charge in [0.15, 0.2) is 0 Å². The first-order valence-electron chi connectivity index (χ1n) is 3.37. The third-order valence-corrected chi connectivity index (χ3v) is 4.33. The Hall–Kier alpha value is 1.51. The first-order valence-corrected chi connectivity index (χ1v) is 6.13. The molecular weight excluding hydrogens is 332 g/mol. The Labute approximate surface area is 117 Å². The SMILES string of the molecule is ClC1=C(Cl)C(Cl)C(Cl)C(C(Cl)(Cl)Cl)=C1. The first kappa shape index (κ1) is 13.6. The van der Waals surface area contributed by atoms with Crippen LogP contribution >= 0.6 is 81.2 Å². The van der Waals surface area contributed by atoms with Gasteiger partial charge < -0.3 is 0 Å². The molecule has 0 radical (unpaired) electrons. The zero-order chi connectivity index (χ0) is 11.1. The largest absolute Gasteiger partial charge is 0.213 e. The fourth-order valence-corrected chi connectivity index (χ4v) is 2.77. The fraction of sp³-hybridized carbons (Fsp3) is 0.429. The summed E-state index contributed by atoms with van der Waals surface area (Å²) in [7, 11) is 0. The van der Waals surface area contributed by atoms with Crippen LogP contribution in [-0.2, 0) is 0 Å². The molecule has 0 aromatic carbocycles. The van der Waals surface area contributed by atoms with Crippen LogP contribution in [0.3, 0.4) is 0 Å². The van der Waals surface area contributed by atoms with Crippen molar-refractivity contribution in [2.24, 2.45) is 0 Å². The minimum Gasteiger partial charge on any atom is -0.116 e. The van der Waals surface area contributed by atoms with Crippen LogP contribution in [-0.4, -0.2) is 14.5 Å². The number of alkyl halides is 5. The predicted molar refractivity (Wildman–Crippen MR) is 66.4 cm³/mol. The van der Waals surface area contributed by atoms with Gasteiger partial charge in [0, 0.05) is 5.57 Å². The van der Waals surface area contributed by atoms with Crippen molar-refractivity contribution in [2.45, 2.75) is 14.5 Å². The Morgan fingerprint density at radius 2 is 1.50 bits per heavy atom. The Morgan fingerprint density at radius 1 is 1.00 bits per heavy atom. The molecule has 0 saturated heterocycles. The molecule has 2 atom stereocenters. The van der Waals surface area contributed by atoms with Crippen molar-refractivity contribution in [3.8, 4) is 0 Å². The summed E-state index contributed by atoms with van der Waals surface area (Å²) in [6, 6.07) is 0. The molecule has 0 fully saturated rings. The first-order chi connectivity index (χ1) is 6.25. The molecular formula is C7H3Cl7. The second kappa shape index (κ2) is 4.79. The minimum atomic E-state index is -1.63. The van der Waals surface area contributed by atoms with Gasteiger partial charge in [-0.1, -0.05) is 58.0 Å². The van der Waals surface area contributed by atoms with E-state index in [9.17, 15) is 0 Å². The highest BCUT2D eigenvalue weighted by atomic mass is 35.6. The summed E-state index contributed by atoms with van der Waals surface area (Å²) in [5, 5.41) is -0.864. The van der Waals surface area contributed by atoms with Crippen LogP contribution in [0.5, 0.6) is 0 Å². The van der Waals surface area contributed by atoms with Crippen molar-refractivity contribution in [1.82, 2.24) is 0 Å². The summed E-state index contributed by atoms with van der Waals surface area (Å²) in [6.45, 7) is 0. The molecule has 0 bridgehead atoms. The molecule has 0 aromatic heterocycles. The van der Waals surface area contributed by atoms with Crippen LogP contribution in [0.15, 0.2) is 21.7 Å². The van der Waals surface area contributed by atoms with E-state index in [0.717, 1.165) is 0 Å². The fourth-order valence-electron chi connectivity index (χ4n) is 0.941. The quantitative estimate of drug-likeness (QED) is 0.534. The number of allylic oxidation sites excluding steroid dienone is 4. The Balaban J connectivity index is 3.15. The third kappa shape index (κ3) is 2.79. The van der Waals surface area contributed by atoms with E-state index in [0.29, 0.717) is 5.57 Å². The topological polar surface area (TPSA) is 0 Å². The summed E-state index contributed by atoms with van der Waals surface area (Å²) >= 11 is 40.4. The summed E-state index contributed by atoms with van der Waals surface area (Å²) in [4.78, 5) is 0. The van der Waals surface area contributed by atoms with Gasteiger partial charge >= 0.3 is 0 Å². The Morgan fingerprint density at radius 3 is 1.93 bits per heavy atom. The summed E-state index contributed by atoms with van der Waals surface area (Å²) in [5.41, 5.74) is 0.318. The van der Waals surface area contributed by atoms with Crippen LogP contribution in [0.2, 0.25) is 0 Å². The van der Waals surface area contributed by atoms with Gasteiger partial charge in [-0.05, 0) is 6.08 Å². The van der Waals surface area contributed by atoms with Crippen LogP contribution in [0.25, 0.3) is 0 Å². The summed E-state index contributed by atoms with van der Waals surface area (Å²) < 4.78 is -1.63. The molecule has 0 amide bonds. The minimum absolute atomic E-state index is 0.241. The highest BCUT2D eigenvalue weighted by Gasteiger charge is 2.39. The van der Waals surface area contributed by atoms with E-state index in [1.54, 1.807) is 0 Å². The molecule has 2 unspecified atom stereocenters. The Kier molecular flexibility index (Phi) is 4.65. The molecule has 7 heteroatoms. The van der Waals surface area contributed by atoms with Crippen molar-refractivity contribution < 1.29 is 0 Å². The predicted octanol–water partition coefficient (Wildman–Crippen LogP) is 5.20. The highest BCUT2D eigenvalue weighted by molar-refractivity contribution is 6.70. The van der Waals surface area contributed by atoms with Gasteiger partial charge in [0.05, 0.1) is 20.8 Å². The van der Waals surface area contributed by atoms with Gasteiger partial charge in [-0.15, -0.1) is 23.2 Å². The molecule has 0 saturated carbocycles. The monoisotopic (exact) mass is 332 g/mol. The molecule has 0 aliphatic heterocycles. The van der Waals surface area contributed by atoms with E-state index in [2.05, 4.69) is 0 Å². The van der Waals surface area contributed by atoms with Crippen molar-refractivity contribution in [1.29, 1.82) is 0 Å². The van der Waals surface area contributed by atoms with Crippen LogP contribution in [0, 0.1) is 0 Å². The normalized spacial score (nSPS) is 29.2. The molecule has 14 heavy (non-hydrogen) atoms. The lowest BCUT2D eigenvalue weighted by molar-refractivity contribution is 0.929. The zero-order valence-electron chi connectivity index (χ0n) is 6.38. The van der Waals surface area contributed by atoms with E-state index in [1.807, 2.05) is 0 Å². The lowest BCUT2D eigenvalue weighted by Gasteiger charge is -2.27. The van der Waals surface area contributed by atoms with E-state index < -0.39 is 14.5 Å². The molecule has 0 N–H and O–H groups in total.